The highest BCUT2D eigenvalue weighted by Gasteiger charge is 2.47. The molecule has 1 aromatic rings. The van der Waals surface area contributed by atoms with Crippen molar-refractivity contribution in [3.05, 3.63) is 35.1 Å². The van der Waals surface area contributed by atoms with Crippen LogP contribution in [0.15, 0.2) is 12.1 Å². The van der Waals surface area contributed by atoms with Crippen molar-refractivity contribution in [1.82, 2.24) is 14.5 Å². The number of hydrogen-bond donors (Lipinski definition) is 2. The van der Waals surface area contributed by atoms with Crippen LogP contribution in [0.25, 0.3) is 0 Å². The van der Waals surface area contributed by atoms with E-state index in [4.69, 9.17) is 5.73 Å². The number of hydrogen-bond acceptors (Lipinski definition) is 4. The van der Waals surface area contributed by atoms with E-state index in [1.165, 1.54) is 0 Å². The van der Waals surface area contributed by atoms with E-state index in [1.54, 1.807) is 9.21 Å². The van der Waals surface area contributed by atoms with Crippen LogP contribution in [0.5, 0.6) is 0 Å². The maximum absolute atomic E-state index is 14.0. The fraction of sp³-hybridized carbons (Fsp3) is 0.682. The number of halogens is 3. The Bertz CT molecular complexity index is 973. The Balaban J connectivity index is 1.33. The second-order valence-electron chi connectivity index (χ2n) is 9.41. The normalized spacial score (nSPS) is 26.5. The number of piperidine rings is 1. The highest BCUT2D eigenvalue weighted by molar-refractivity contribution is 7.89. The highest BCUT2D eigenvalue weighted by atomic mass is 32.2. The molecular weight excluding hydrogens is 457 g/mol. The van der Waals surface area contributed by atoms with Crippen molar-refractivity contribution in [3.63, 3.8) is 0 Å². The molecule has 0 spiro atoms. The van der Waals surface area contributed by atoms with E-state index in [0.29, 0.717) is 32.0 Å². The first kappa shape index (κ1) is 24.3. The predicted octanol–water partition coefficient (Wildman–Crippen LogP) is 2.35. The van der Waals surface area contributed by atoms with Gasteiger partial charge in [0.15, 0.2) is 11.6 Å². The first-order chi connectivity index (χ1) is 15.7. The average molecular weight is 489 g/mol. The van der Waals surface area contributed by atoms with Crippen LogP contribution in [0, 0.1) is 23.4 Å². The molecule has 3 aliphatic heterocycles. The molecule has 0 aliphatic carbocycles. The third kappa shape index (κ3) is 5.30. The molecule has 184 valence electrons. The molecule has 4 atom stereocenters. The third-order valence-electron chi connectivity index (χ3n) is 7.20. The lowest BCUT2D eigenvalue weighted by Gasteiger charge is -2.40. The molecule has 11 heteroatoms. The summed E-state index contributed by atoms with van der Waals surface area (Å²) in [5, 5.41) is 2.71. The van der Waals surface area contributed by atoms with Gasteiger partial charge >= 0.3 is 6.03 Å². The van der Waals surface area contributed by atoms with Crippen LogP contribution in [-0.4, -0.2) is 67.2 Å². The summed E-state index contributed by atoms with van der Waals surface area (Å²) in [6, 6.07) is 0.285. The van der Waals surface area contributed by atoms with E-state index < -0.39 is 33.5 Å². The zero-order chi connectivity index (χ0) is 23.8. The number of nitrogens with one attached hydrogen (secondary N) is 1. The van der Waals surface area contributed by atoms with Crippen LogP contribution < -0.4 is 11.1 Å². The first-order valence-corrected chi connectivity index (χ1v) is 13.2. The lowest BCUT2D eigenvalue weighted by molar-refractivity contribution is 0.170. The standard InChI is InChI=1S/C22H31F3N4O3S/c23-18-13-20(25)19(24)11-14(18)12-21(26)15-9-16-3-4-17(10-15)29(16)33(31,32)8-5-27-22(30)28-6-1-2-7-28/h11,13,15-17,21H,1-10,12,26H2,(H,27,30)/t15-,16-,17+,21?. The van der Waals surface area contributed by atoms with Crippen molar-refractivity contribution in [2.75, 3.05) is 25.4 Å². The van der Waals surface area contributed by atoms with Gasteiger partial charge in [0.1, 0.15) is 5.82 Å². The van der Waals surface area contributed by atoms with Crippen LogP contribution in [0.1, 0.15) is 44.1 Å². The lowest BCUT2D eigenvalue weighted by Crippen LogP contribution is -2.52. The van der Waals surface area contributed by atoms with Gasteiger partial charge in [0.2, 0.25) is 10.0 Å². The summed E-state index contributed by atoms with van der Waals surface area (Å²) in [6.07, 6.45) is 4.54. The SMILES string of the molecule is NC(Cc1cc(F)c(F)cc1F)[C@@H]1C[C@H]2CC[C@@H](C1)N2S(=O)(=O)CCNC(=O)N1CCCC1. The van der Waals surface area contributed by atoms with E-state index in [2.05, 4.69) is 5.32 Å². The zero-order valence-electron chi connectivity index (χ0n) is 18.5. The zero-order valence-corrected chi connectivity index (χ0v) is 19.3. The Kier molecular flexibility index (Phi) is 7.20. The number of nitrogens with zero attached hydrogens (tertiary/aromatic N) is 2. The van der Waals surface area contributed by atoms with Gasteiger partial charge in [-0.05, 0) is 62.5 Å². The predicted molar refractivity (Wildman–Crippen MR) is 117 cm³/mol. The molecule has 0 aromatic heterocycles. The molecule has 3 N–H and O–H groups in total. The number of sulfonamides is 1. The van der Waals surface area contributed by atoms with Crippen molar-refractivity contribution in [2.24, 2.45) is 11.7 Å². The minimum Gasteiger partial charge on any atom is -0.337 e. The van der Waals surface area contributed by atoms with E-state index in [1.807, 2.05) is 0 Å². The van der Waals surface area contributed by atoms with Crippen LogP contribution in [0.3, 0.4) is 0 Å². The summed E-state index contributed by atoms with van der Waals surface area (Å²) in [4.78, 5) is 13.8. The summed E-state index contributed by atoms with van der Waals surface area (Å²) in [6.45, 7) is 1.46. The molecule has 3 fully saturated rings. The van der Waals surface area contributed by atoms with E-state index in [-0.39, 0.29) is 48.3 Å². The van der Waals surface area contributed by atoms with Gasteiger partial charge in [-0.25, -0.2) is 26.4 Å². The van der Waals surface area contributed by atoms with Gasteiger partial charge < -0.3 is 16.0 Å². The molecule has 2 amide bonds. The van der Waals surface area contributed by atoms with Gasteiger partial charge in [-0.15, -0.1) is 0 Å². The molecule has 3 aliphatic rings. The summed E-state index contributed by atoms with van der Waals surface area (Å²) < 4.78 is 68.4. The minimum absolute atomic E-state index is 0.0255. The van der Waals surface area contributed by atoms with Crippen LogP contribution in [0.2, 0.25) is 0 Å². The number of urea groups is 1. The maximum Gasteiger partial charge on any atom is 0.317 e. The van der Waals surface area contributed by atoms with Crippen molar-refractivity contribution >= 4 is 16.1 Å². The molecular formula is C22H31F3N4O3S. The quantitative estimate of drug-likeness (QED) is 0.576. The van der Waals surface area contributed by atoms with Gasteiger partial charge in [0, 0.05) is 43.8 Å². The number of rotatable bonds is 7. The minimum atomic E-state index is -3.56. The first-order valence-electron chi connectivity index (χ1n) is 11.6. The van der Waals surface area contributed by atoms with Gasteiger partial charge in [0.25, 0.3) is 0 Å². The highest BCUT2D eigenvalue weighted by Crippen LogP contribution is 2.42. The molecule has 7 nitrogen and oxygen atoms in total. The topological polar surface area (TPSA) is 95.7 Å². The second kappa shape index (κ2) is 9.79. The van der Waals surface area contributed by atoms with Crippen LogP contribution >= 0.6 is 0 Å². The van der Waals surface area contributed by atoms with E-state index >= 15 is 0 Å². The van der Waals surface area contributed by atoms with Crippen molar-refractivity contribution < 1.29 is 26.4 Å². The summed E-state index contributed by atoms with van der Waals surface area (Å²) in [5.74, 6) is -3.38. The van der Waals surface area contributed by atoms with E-state index in [0.717, 1.165) is 31.7 Å². The summed E-state index contributed by atoms with van der Waals surface area (Å²) in [7, 11) is -3.56. The lowest BCUT2D eigenvalue weighted by atomic mass is 9.83. The van der Waals surface area contributed by atoms with Gasteiger partial charge in [0.05, 0.1) is 5.75 Å². The Morgan fingerprint density at radius 1 is 1.06 bits per heavy atom. The Morgan fingerprint density at radius 3 is 2.30 bits per heavy atom. The van der Waals surface area contributed by atoms with Crippen molar-refractivity contribution in [2.45, 2.75) is 63.1 Å². The molecule has 0 radical (unpaired) electrons. The molecule has 1 unspecified atom stereocenters. The van der Waals surface area contributed by atoms with Crippen LogP contribution in [-0.2, 0) is 16.4 Å². The van der Waals surface area contributed by atoms with Crippen molar-refractivity contribution in [1.29, 1.82) is 0 Å². The number of carbonyl (C=O) groups excluding carboxylic acids is 1. The van der Waals surface area contributed by atoms with Gasteiger partial charge in [-0.3, -0.25) is 0 Å². The molecule has 4 rings (SSSR count). The molecule has 33 heavy (non-hydrogen) atoms. The Hall–Kier alpha value is -1.85. The largest absolute Gasteiger partial charge is 0.337 e. The molecule has 2 bridgehead atoms. The molecule has 3 heterocycles. The van der Waals surface area contributed by atoms with E-state index in [9.17, 15) is 26.4 Å². The van der Waals surface area contributed by atoms with Gasteiger partial charge in [-0.1, -0.05) is 0 Å². The average Bonchev–Trinajstić information content (AvgIpc) is 3.39. The number of benzene rings is 1. The fourth-order valence-corrected chi connectivity index (χ4v) is 7.41. The second-order valence-corrected chi connectivity index (χ2v) is 11.4. The summed E-state index contributed by atoms with van der Waals surface area (Å²) >= 11 is 0. The third-order valence-corrected chi connectivity index (χ3v) is 9.16. The summed E-state index contributed by atoms with van der Waals surface area (Å²) in [5.41, 5.74) is 6.34. The number of likely N-dealkylation sites (tertiary alicyclic amines) is 1. The Labute approximate surface area is 192 Å². The smallest absolute Gasteiger partial charge is 0.317 e. The Morgan fingerprint density at radius 2 is 1.67 bits per heavy atom. The molecule has 1 aromatic carbocycles. The number of carbonyl (C=O) groups is 1. The van der Waals surface area contributed by atoms with Gasteiger partial charge in [-0.2, -0.15) is 4.31 Å². The van der Waals surface area contributed by atoms with Crippen molar-refractivity contribution in [3.8, 4) is 0 Å². The fourth-order valence-electron chi connectivity index (χ4n) is 5.55. The molecule has 0 saturated carbocycles. The molecule has 3 saturated heterocycles. The number of amides is 2. The van der Waals surface area contributed by atoms with Crippen LogP contribution in [0.4, 0.5) is 18.0 Å². The monoisotopic (exact) mass is 488 g/mol. The number of nitrogens with two attached hydrogens (primary N) is 1. The maximum atomic E-state index is 14.0. The number of fused-ring (bicyclic) bond motifs is 2.